The highest BCUT2D eigenvalue weighted by molar-refractivity contribution is 5.60. The highest BCUT2D eigenvalue weighted by Crippen LogP contribution is 2.24. The van der Waals surface area contributed by atoms with Crippen molar-refractivity contribution in [3.8, 4) is 17.0 Å². The Morgan fingerprint density at radius 1 is 1.29 bits per heavy atom. The van der Waals surface area contributed by atoms with E-state index < -0.39 is 5.82 Å². The summed E-state index contributed by atoms with van der Waals surface area (Å²) in [5.74, 6) is -0.165. The van der Waals surface area contributed by atoms with Gasteiger partial charge in [0.25, 0.3) is 0 Å². The number of nitrogens with zero attached hydrogens (tertiary/aromatic N) is 1. The van der Waals surface area contributed by atoms with Crippen molar-refractivity contribution in [3.05, 3.63) is 47.9 Å². The van der Waals surface area contributed by atoms with Gasteiger partial charge in [0.1, 0.15) is 0 Å². The van der Waals surface area contributed by atoms with E-state index >= 15 is 0 Å². The molecular formula is C13H13FN2O. The van der Waals surface area contributed by atoms with E-state index in [2.05, 4.69) is 4.98 Å². The van der Waals surface area contributed by atoms with Gasteiger partial charge in [-0.1, -0.05) is 6.07 Å². The Labute approximate surface area is 99.1 Å². The molecule has 0 atom stereocenters. The maximum atomic E-state index is 13.5. The van der Waals surface area contributed by atoms with Crippen LogP contribution in [0.5, 0.6) is 5.75 Å². The first-order valence-electron chi connectivity index (χ1n) is 5.23. The molecule has 0 saturated heterocycles. The van der Waals surface area contributed by atoms with Crippen LogP contribution in [0.4, 0.5) is 4.39 Å². The summed E-state index contributed by atoms with van der Waals surface area (Å²) in [6.07, 6.45) is 1.69. The van der Waals surface area contributed by atoms with Gasteiger partial charge in [-0.2, -0.15) is 0 Å². The van der Waals surface area contributed by atoms with Gasteiger partial charge in [0.05, 0.1) is 12.8 Å². The molecule has 0 radical (unpaired) electrons. The topological polar surface area (TPSA) is 48.1 Å². The standard InChI is InChI=1S/C13H13FN2O/c1-17-13-5-3-10(6-11(13)14)12-4-2-9(7-15)8-16-12/h2-6,8H,7,15H2,1H3. The maximum absolute atomic E-state index is 13.5. The van der Waals surface area contributed by atoms with Crippen LogP contribution in [0.2, 0.25) is 0 Å². The van der Waals surface area contributed by atoms with Gasteiger partial charge in [0.15, 0.2) is 11.6 Å². The van der Waals surface area contributed by atoms with Crippen LogP contribution < -0.4 is 10.5 Å². The van der Waals surface area contributed by atoms with Crippen molar-refractivity contribution >= 4 is 0 Å². The van der Waals surface area contributed by atoms with E-state index in [0.717, 1.165) is 5.56 Å². The van der Waals surface area contributed by atoms with E-state index in [1.54, 1.807) is 18.3 Å². The van der Waals surface area contributed by atoms with Crippen LogP contribution in [0.15, 0.2) is 36.5 Å². The summed E-state index contributed by atoms with van der Waals surface area (Å²) in [6, 6.07) is 8.47. The summed E-state index contributed by atoms with van der Waals surface area (Å²) in [5, 5.41) is 0. The first-order chi connectivity index (χ1) is 8.24. The molecular weight excluding hydrogens is 219 g/mol. The van der Waals surface area contributed by atoms with E-state index in [0.29, 0.717) is 17.8 Å². The van der Waals surface area contributed by atoms with Crippen molar-refractivity contribution < 1.29 is 9.13 Å². The summed E-state index contributed by atoms with van der Waals surface area (Å²) in [4.78, 5) is 4.23. The average Bonchev–Trinajstić information content (AvgIpc) is 2.39. The monoisotopic (exact) mass is 232 g/mol. The van der Waals surface area contributed by atoms with Crippen molar-refractivity contribution in [3.63, 3.8) is 0 Å². The largest absolute Gasteiger partial charge is 0.494 e. The maximum Gasteiger partial charge on any atom is 0.165 e. The smallest absolute Gasteiger partial charge is 0.165 e. The van der Waals surface area contributed by atoms with Gasteiger partial charge in [-0.25, -0.2) is 4.39 Å². The van der Waals surface area contributed by atoms with Gasteiger partial charge in [0.2, 0.25) is 0 Å². The highest BCUT2D eigenvalue weighted by Gasteiger charge is 2.05. The Hall–Kier alpha value is -1.94. The minimum absolute atomic E-state index is 0.229. The van der Waals surface area contributed by atoms with Gasteiger partial charge in [0, 0.05) is 18.3 Å². The third-order valence-corrected chi connectivity index (χ3v) is 2.51. The normalized spacial score (nSPS) is 10.3. The van der Waals surface area contributed by atoms with Crippen molar-refractivity contribution in [2.24, 2.45) is 5.73 Å². The molecule has 17 heavy (non-hydrogen) atoms. The van der Waals surface area contributed by atoms with Crippen molar-refractivity contribution in [2.75, 3.05) is 7.11 Å². The van der Waals surface area contributed by atoms with Crippen molar-refractivity contribution in [1.29, 1.82) is 0 Å². The fraction of sp³-hybridized carbons (Fsp3) is 0.154. The van der Waals surface area contributed by atoms with Crippen molar-refractivity contribution in [1.82, 2.24) is 4.98 Å². The SMILES string of the molecule is COc1ccc(-c2ccc(CN)cn2)cc1F. The molecule has 0 spiro atoms. The Balaban J connectivity index is 2.35. The molecule has 3 nitrogen and oxygen atoms in total. The minimum Gasteiger partial charge on any atom is -0.494 e. The third kappa shape index (κ3) is 2.42. The zero-order valence-electron chi connectivity index (χ0n) is 9.48. The summed E-state index contributed by atoms with van der Waals surface area (Å²) in [6.45, 7) is 0.449. The Morgan fingerprint density at radius 2 is 2.12 bits per heavy atom. The molecule has 2 N–H and O–H groups in total. The van der Waals surface area contributed by atoms with E-state index in [9.17, 15) is 4.39 Å². The lowest BCUT2D eigenvalue weighted by molar-refractivity contribution is 0.386. The van der Waals surface area contributed by atoms with Crippen LogP contribution in [0, 0.1) is 5.82 Å². The molecule has 0 amide bonds. The molecule has 1 aromatic carbocycles. The average molecular weight is 232 g/mol. The number of pyridine rings is 1. The lowest BCUT2D eigenvalue weighted by Gasteiger charge is -2.05. The van der Waals surface area contributed by atoms with E-state index in [1.165, 1.54) is 13.2 Å². The number of hydrogen-bond acceptors (Lipinski definition) is 3. The molecule has 0 aliphatic heterocycles. The van der Waals surface area contributed by atoms with Crippen LogP contribution in [-0.4, -0.2) is 12.1 Å². The number of ether oxygens (including phenoxy) is 1. The molecule has 2 aromatic rings. The van der Waals surface area contributed by atoms with E-state index in [4.69, 9.17) is 10.5 Å². The number of aromatic nitrogens is 1. The van der Waals surface area contributed by atoms with Gasteiger partial charge in [-0.15, -0.1) is 0 Å². The number of halogens is 1. The van der Waals surface area contributed by atoms with Crippen LogP contribution >= 0.6 is 0 Å². The molecule has 2 rings (SSSR count). The highest BCUT2D eigenvalue weighted by atomic mass is 19.1. The number of benzene rings is 1. The lowest BCUT2D eigenvalue weighted by Crippen LogP contribution is -1.97. The van der Waals surface area contributed by atoms with Crippen LogP contribution in [0.25, 0.3) is 11.3 Å². The Kier molecular flexibility index (Phi) is 3.35. The number of hydrogen-bond donors (Lipinski definition) is 1. The van der Waals surface area contributed by atoms with Crippen LogP contribution in [0.3, 0.4) is 0 Å². The van der Waals surface area contributed by atoms with E-state index in [1.807, 2.05) is 12.1 Å². The number of nitrogens with two attached hydrogens (primary N) is 1. The molecule has 1 aromatic heterocycles. The fourth-order valence-electron chi connectivity index (χ4n) is 1.54. The molecule has 0 fully saturated rings. The first-order valence-corrected chi connectivity index (χ1v) is 5.23. The molecule has 88 valence electrons. The zero-order chi connectivity index (χ0) is 12.3. The second-order valence-electron chi connectivity index (χ2n) is 3.61. The fourth-order valence-corrected chi connectivity index (χ4v) is 1.54. The van der Waals surface area contributed by atoms with Gasteiger partial charge in [-0.3, -0.25) is 4.98 Å². The predicted molar refractivity (Wildman–Crippen MR) is 64.1 cm³/mol. The molecule has 0 aliphatic carbocycles. The summed E-state index contributed by atoms with van der Waals surface area (Å²) in [5.41, 5.74) is 7.86. The Morgan fingerprint density at radius 3 is 2.65 bits per heavy atom. The number of rotatable bonds is 3. The molecule has 4 heteroatoms. The first kappa shape index (κ1) is 11.5. The van der Waals surface area contributed by atoms with Gasteiger partial charge in [-0.05, 0) is 29.8 Å². The summed E-state index contributed by atoms with van der Waals surface area (Å²) in [7, 11) is 1.44. The molecule has 0 saturated carbocycles. The van der Waals surface area contributed by atoms with Gasteiger partial charge < -0.3 is 10.5 Å². The lowest BCUT2D eigenvalue weighted by atomic mass is 10.1. The van der Waals surface area contributed by atoms with Gasteiger partial charge >= 0.3 is 0 Å². The predicted octanol–water partition coefficient (Wildman–Crippen LogP) is 2.36. The Bertz CT molecular complexity index is 511. The molecule has 0 aliphatic rings. The summed E-state index contributed by atoms with van der Waals surface area (Å²) < 4.78 is 18.4. The number of methoxy groups -OCH3 is 1. The minimum atomic E-state index is -0.394. The quantitative estimate of drug-likeness (QED) is 0.883. The second kappa shape index (κ2) is 4.93. The van der Waals surface area contributed by atoms with Crippen LogP contribution in [0.1, 0.15) is 5.56 Å². The molecule has 0 unspecified atom stereocenters. The third-order valence-electron chi connectivity index (χ3n) is 2.51. The molecule has 0 bridgehead atoms. The van der Waals surface area contributed by atoms with Crippen LogP contribution in [-0.2, 0) is 6.54 Å². The second-order valence-corrected chi connectivity index (χ2v) is 3.61. The summed E-state index contributed by atoms with van der Waals surface area (Å²) >= 11 is 0. The van der Waals surface area contributed by atoms with Crippen molar-refractivity contribution in [2.45, 2.75) is 6.54 Å². The zero-order valence-corrected chi connectivity index (χ0v) is 9.48. The molecule has 1 heterocycles. The van der Waals surface area contributed by atoms with E-state index in [-0.39, 0.29) is 5.75 Å².